The van der Waals surface area contributed by atoms with Gasteiger partial charge in [0, 0.05) is 11.6 Å². The summed E-state index contributed by atoms with van der Waals surface area (Å²) in [5, 5.41) is 47.8. The minimum atomic E-state index is -1.65. The third kappa shape index (κ3) is 7.73. The van der Waals surface area contributed by atoms with Gasteiger partial charge in [-0.1, -0.05) is 18.2 Å². The molecule has 0 bridgehead atoms. The van der Waals surface area contributed by atoms with Gasteiger partial charge in [0.15, 0.2) is 0 Å². The molecule has 1 aromatic rings. The number of ether oxygens (including phenoxy) is 3. The lowest BCUT2D eigenvalue weighted by Crippen LogP contribution is -2.66. The molecule has 1 saturated carbocycles. The van der Waals surface area contributed by atoms with E-state index in [9.17, 15) is 25.2 Å². The molecule has 3 rings (SSSR count). The maximum absolute atomic E-state index is 13.0. The van der Waals surface area contributed by atoms with Crippen LogP contribution < -0.4 is 27.8 Å². The Balaban J connectivity index is 1.80. The average Bonchev–Trinajstić information content (AvgIpc) is 2.92. The van der Waals surface area contributed by atoms with E-state index in [0.29, 0.717) is 17.7 Å². The Morgan fingerprint density at radius 1 is 1.23 bits per heavy atom. The quantitative estimate of drug-likeness (QED) is 0.128. The molecule has 0 spiro atoms. The summed E-state index contributed by atoms with van der Waals surface area (Å²) in [4.78, 5) is 13.0. The van der Waals surface area contributed by atoms with Crippen LogP contribution >= 0.6 is 0 Å². The first-order valence-corrected chi connectivity index (χ1v) is 13.1. The molecule has 1 aliphatic carbocycles. The van der Waals surface area contributed by atoms with E-state index in [2.05, 4.69) is 10.6 Å². The molecule has 0 aromatic heterocycles. The van der Waals surface area contributed by atoms with Crippen molar-refractivity contribution >= 4 is 5.91 Å². The molecule has 0 radical (unpaired) electrons. The van der Waals surface area contributed by atoms with Gasteiger partial charge in [0.05, 0.1) is 44.0 Å². The summed E-state index contributed by atoms with van der Waals surface area (Å²) in [6.45, 7) is 0.578. The standard InChI is InChI=1S/C26H43N5O8/c1-26(36,13-32)23(30-2)19(33)12-37-22-18(31-24(35)14-6-4-3-5-7-14)10-17(29)21(20(22)34)39-25-16(28)9-8-15(11-27)38-25/h3-8,16-23,25,30,32-34,36H,9-13,27-29H2,1-2H3,(H,31,35)/t16-,17+,18-,19+,20+,21-,22+,23-,25-,26+/m1/s1. The number of aliphatic hydroxyl groups excluding tert-OH is 3. The van der Waals surface area contributed by atoms with E-state index >= 15 is 0 Å². The summed E-state index contributed by atoms with van der Waals surface area (Å²) < 4.78 is 17.8. The molecule has 1 amide bonds. The van der Waals surface area contributed by atoms with Crippen LogP contribution in [0.4, 0.5) is 0 Å². The van der Waals surface area contributed by atoms with Crippen LogP contribution in [0.2, 0.25) is 0 Å². The van der Waals surface area contributed by atoms with Gasteiger partial charge in [-0.15, -0.1) is 0 Å². The second-order valence-corrected chi connectivity index (χ2v) is 10.3. The maximum Gasteiger partial charge on any atom is 0.251 e. The van der Waals surface area contributed by atoms with Gasteiger partial charge >= 0.3 is 0 Å². The smallest absolute Gasteiger partial charge is 0.251 e. The summed E-state index contributed by atoms with van der Waals surface area (Å²) in [5.41, 5.74) is 17.0. The summed E-state index contributed by atoms with van der Waals surface area (Å²) in [6, 6.07) is 5.60. The summed E-state index contributed by atoms with van der Waals surface area (Å²) in [6.07, 6.45) is -3.16. The molecule has 0 unspecified atom stereocenters. The average molecular weight is 554 g/mol. The van der Waals surface area contributed by atoms with Crippen LogP contribution in [0.3, 0.4) is 0 Å². The van der Waals surface area contributed by atoms with Crippen LogP contribution in [0, 0.1) is 0 Å². The second-order valence-electron chi connectivity index (χ2n) is 10.3. The van der Waals surface area contributed by atoms with Gasteiger partial charge in [0.2, 0.25) is 6.29 Å². The molecule has 1 aromatic carbocycles. The van der Waals surface area contributed by atoms with Crippen LogP contribution in [0.5, 0.6) is 0 Å². The number of carbonyl (C=O) groups excluding carboxylic acids is 1. The topological polar surface area (TPSA) is 228 Å². The molecular weight excluding hydrogens is 510 g/mol. The highest BCUT2D eigenvalue weighted by molar-refractivity contribution is 5.94. The first-order chi connectivity index (χ1) is 18.5. The number of benzene rings is 1. The van der Waals surface area contributed by atoms with Crippen molar-refractivity contribution in [3.8, 4) is 0 Å². The molecule has 13 nitrogen and oxygen atoms in total. The van der Waals surface area contributed by atoms with Crippen LogP contribution in [0.15, 0.2) is 42.2 Å². The number of carbonyl (C=O) groups is 1. The fraction of sp³-hybridized carbons (Fsp3) is 0.654. The van der Waals surface area contributed by atoms with Crippen molar-refractivity contribution in [3.05, 3.63) is 47.7 Å². The number of rotatable bonds is 12. The van der Waals surface area contributed by atoms with Crippen molar-refractivity contribution in [2.24, 2.45) is 17.2 Å². The summed E-state index contributed by atoms with van der Waals surface area (Å²) >= 11 is 0. The van der Waals surface area contributed by atoms with Gasteiger partial charge in [0.1, 0.15) is 29.7 Å². The molecule has 39 heavy (non-hydrogen) atoms. The molecular formula is C26H43N5O8. The number of likely N-dealkylation sites (N-methyl/N-ethyl adjacent to an activating group) is 1. The Morgan fingerprint density at radius 3 is 2.54 bits per heavy atom. The molecule has 1 aliphatic heterocycles. The van der Waals surface area contributed by atoms with Gasteiger partial charge in [-0.2, -0.15) is 0 Å². The highest BCUT2D eigenvalue weighted by atomic mass is 16.7. The number of nitrogens with two attached hydrogens (primary N) is 3. The number of amides is 1. The zero-order chi connectivity index (χ0) is 28.7. The molecule has 13 heteroatoms. The van der Waals surface area contributed by atoms with Crippen LogP contribution in [-0.2, 0) is 14.2 Å². The Hall–Kier alpha value is -2.17. The first-order valence-electron chi connectivity index (χ1n) is 13.1. The highest BCUT2D eigenvalue weighted by Gasteiger charge is 2.47. The number of hydrogen-bond donors (Lipinski definition) is 9. The molecule has 0 saturated heterocycles. The molecule has 220 valence electrons. The lowest BCUT2D eigenvalue weighted by molar-refractivity contribution is -0.226. The van der Waals surface area contributed by atoms with E-state index in [0.717, 1.165) is 0 Å². The van der Waals surface area contributed by atoms with Gasteiger partial charge < -0.3 is 62.5 Å². The third-order valence-corrected chi connectivity index (χ3v) is 7.24. The highest BCUT2D eigenvalue weighted by Crippen LogP contribution is 2.29. The van der Waals surface area contributed by atoms with Crippen molar-refractivity contribution in [3.63, 3.8) is 0 Å². The predicted octanol–water partition coefficient (Wildman–Crippen LogP) is -2.74. The summed E-state index contributed by atoms with van der Waals surface area (Å²) in [5.74, 6) is 0.124. The van der Waals surface area contributed by atoms with Crippen molar-refractivity contribution in [2.75, 3.05) is 26.8 Å². The minimum absolute atomic E-state index is 0.160. The number of hydrogen-bond acceptors (Lipinski definition) is 12. The van der Waals surface area contributed by atoms with Crippen LogP contribution in [0.25, 0.3) is 0 Å². The Morgan fingerprint density at radius 2 is 1.92 bits per heavy atom. The predicted molar refractivity (Wildman–Crippen MR) is 142 cm³/mol. The van der Waals surface area contributed by atoms with Crippen LogP contribution in [-0.4, -0.2) is 114 Å². The fourth-order valence-electron chi connectivity index (χ4n) is 5.02. The van der Waals surface area contributed by atoms with Crippen LogP contribution in [0.1, 0.15) is 30.1 Å². The van der Waals surface area contributed by atoms with Crippen molar-refractivity contribution in [1.82, 2.24) is 10.6 Å². The van der Waals surface area contributed by atoms with Crippen molar-refractivity contribution < 1.29 is 39.4 Å². The molecule has 1 heterocycles. The number of aliphatic hydroxyl groups is 4. The Kier molecular flexibility index (Phi) is 11.2. The van der Waals surface area contributed by atoms with Crippen molar-refractivity contribution in [2.45, 2.75) is 80.2 Å². The first kappa shape index (κ1) is 31.4. The van der Waals surface area contributed by atoms with E-state index in [-0.39, 0.29) is 25.5 Å². The zero-order valence-corrected chi connectivity index (χ0v) is 22.3. The molecule has 1 fully saturated rings. The molecule has 2 aliphatic rings. The third-order valence-electron chi connectivity index (χ3n) is 7.24. The van der Waals surface area contributed by atoms with E-state index in [1.807, 2.05) is 0 Å². The monoisotopic (exact) mass is 553 g/mol. The number of nitrogens with one attached hydrogen (secondary N) is 2. The van der Waals surface area contributed by atoms with E-state index in [4.69, 9.17) is 31.4 Å². The lowest BCUT2D eigenvalue weighted by atomic mass is 9.83. The zero-order valence-electron chi connectivity index (χ0n) is 22.3. The molecule has 12 N–H and O–H groups in total. The second kappa shape index (κ2) is 13.9. The van der Waals surface area contributed by atoms with E-state index < -0.39 is 67.1 Å². The SMILES string of the molecule is CN[C@H]([C@@H](O)CO[C@@H]1[C@@H](O)[C@H](O[C@H]2OC(CN)=CC[C@H]2N)[C@@H](N)C[C@H]1NC(=O)c1ccccc1)[C@@](C)(O)CO. The largest absolute Gasteiger partial charge is 0.467 e. The minimum Gasteiger partial charge on any atom is -0.467 e. The van der Waals surface area contributed by atoms with E-state index in [1.165, 1.54) is 14.0 Å². The van der Waals surface area contributed by atoms with Gasteiger partial charge in [-0.3, -0.25) is 4.79 Å². The summed E-state index contributed by atoms with van der Waals surface area (Å²) in [7, 11) is 1.52. The molecule has 10 atom stereocenters. The Bertz CT molecular complexity index is 952. The lowest BCUT2D eigenvalue weighted by Gasteiger charge is -2.45. The van der Waals surface area contributed by atoms with Gasteiger partial charge in [-0.25, -0.2) is 0 Å². The Labute approximate surface area is 228 Å². The maximum atomic E-state index is 13.0. The van der Waals surface area contributed by atoms with Gasteiger partial charge in [0.25, 0.3) is 5.91 Å². The fourth-order valence-corrected chi connectivity index (χ4v) is 5.02. The van der Waals surface area contributed by atoms with E-state index in [1.54, 1.807) is 36.4 Å². The van der Waals surface area contributed by atoms with Crippen molar-refractivity contribution in [1.29, 1.82) is 0 Å². The van der Waals surface area contributed by atoms with Gasteiger partial charge in [-0.05, 0) is 45.0 Å². The normalized spacial score (nSPS) is 32.3.